The molecule has 6 nitrogen and oxygen atoms in total. The summed E-state index contributed by atoms with van der Waals surface area (Å²) in [6.07, 6.45) is 4.01. The van der Waals surface area contributed by atoms with E-state index >= 15 is 0 Å². The number of pyridine rings is 1. The first kappa shape index (κ1) is 17.7. The molecule has 0 unspecified atom stereocenters. The van der Waals surface area contributed by atoms with Gasteiger partial charge in [-0.25, -0.2) is 9.97 Å². The number of piperidine rings is 1. The molecule has 1 saturated heterocycles. The van der Waals surface area contributed by atoms with Crippen LogP contribution in [0.15, 0.2) is 29.4 Å². The lowest BCUT2D eigenvalue weighted by Gasteiger charge is -2.33. The van der Waals surface area contributed by atoms with Gasteiger partial charge < -0.3 is 15.5 Å². The highest BCUT2D eigenvalue weighted by molar-refractivity contribution is 7.11. The SMILES string of the molecule is CN=C(NCc1nc(C)c(C)s1)NC1CCN(c2ccccn2)CC1. The summed E-state index contributed by atoms with van der Waals surface area (Å²) in [7, 11) is 1.82. The second kappa shape index (κ2) is 8.29. The van der Waals surface area contributed by atoms with E-state index in [2.05, 4.69) is 50.4 Å². The molecule has 134 valence electrons. The number of thiazole rings is 1. The number of aliphatic imine (C=N–C) groups is 1. The van der Waals surface area contributed by atoms with Crippen LogP contribution in [0.25, 0.3) is 0 Å². The Morgan fingerprint density at radius 3 is 2.72 bits per heavy atom. The van der Waals surface area contributed by atoms with Crippen molar-refractivity contribution in [1.29, 1.82) is 0 Å². The fourth-order valence-corrected chi connectivity index (χ4v) is 3.83. The van der Waals surface area contributed by atoms with Gasteiger partial charge in [0, 0.05) is 37.3 Å². The van der Waals surface area contributed by atoms with E-state index in [9.17, 15) is 0 Å². The summed E-state index contributed by atoms with van der Waals surface area (Å²) in [5, 5.41) is 8.02. The number of anilines is 1. The minimum atomic E-state index is 0.436. The molecule has 0 aliphatic carbocycles. The Morgan fingerprint density at radius 2 is 2.12 bits per heavy atom. The number of hydrogen-bond acceptors (Lipinski definition) is 5. The van der Waals surface area contributed by atoms with Crippen molar-refractivity contribution in [2.45, 2.75) is 39.3 Å². The molecule has 1 aliphatic heterocycles. The molecule has 0 radical (unpaired) electrons. The van der Waals surface area contributed by atoms with Gasteiger partial charge in [0.2, 0.25) is 0 Å². The Balaban J connectivity index is 1.47. The van der Waals surface area contributed by atoms with Crippen LogP contribution in [0.5, 0.6) is 0 Å². The molecule has 1 aliphatic rings. The second-order valence-corrected chi connectivity index (χ2v) is 7.56. The number of aryl methyl sites for hydroxylation is 2. The van der Waals surface area contributed by atoms with Gasteiger partial charge in [0.1, 0.15) is 10.8 Å². The zero-order chi connectivity index (χ0) is 17.6. The van der Waals surface area contributed by atoms with E-state index in [1.807, 2.05) is 25.4 Å². The van der Waals surface area contributed by atoms with Crippen LogP contribution in [0.1, 0.15) is 28.4 Å². The molecule has 25 heavy (non-hydrogen) atoms. The summed E-state index contributed by atoms with van der Waals surface area (Å²) in [5.74, 6) is 1.92. The van der Waals surface area contributed by atoms with Crippen molar-refractivity contribution >= 4 is 23.1 Å². The van der Waals surface area contributed by atoms with Crippen molar-refractivity contribution in [3.8, 4) is 0 Å². The van der Waals surface area contributed by atoms with Crippen LogP contribution in [-0.2, 0) is 6.54 Å². The maximum atomic E-state index is 4.57. The topological polar surface area (TPSA) is 65.4 Å². The van der Waals surface area contributed by atoms with Crippen molar-refractivity contribution < 1.29 is 0 Å². The van der Waals surface area contributed by atoms with Crippen molar-refractivity contribution in [3.63, 3.8) is 0 Å². The van der Waals surface area contributed by atoms with Crippen LogP contribution < -0.4 is 15.5 Å². The Labute approximate surface area is 153 Å². The van der Waals surface area contributed by atoms with Gasteiger partial charge in [-0.3, -0.25) is 4.99 Å². The number of nitrogens with zero attached hydrogens (tertiary/aromatic N) is 4. The molecule has 2 aromatic rings. The largest absolute Gasteiger partial charge is 0.356 e. The van der Waals surface area contributed by atoms with Crippen LogP contribution in [0.4, 0.5) is 5.82 Å². The van der Waals surface area contributed by atoms with E-state index in [-0.39, 0.29) is 0 Å². The molecule has 1 fully saturated rings. The highest BCUT2D eigenvalue weighted by Gasteiger charge is 2.20. The Hall–Kier alpha value is -2.15. The minimum Gasteiger partial charge on any atom is -0.356 e. The first-order valence-corrected chi connectivity index (χ1v) is 9.53. The molecular formula is C18H26N6S. The molecule has 0 atom stereocenters. The highest BCUT2D eigenvalue weighted by atomic mass is 32.1. The van der Waals surface area contributed by atoms with Gasteiger partial charge in [0.05, 0.1) is 12.2 Å². The normalized spacial score (nSPS) is 16.1. The molecule has 0 saturated carbocycles. The lowest BCUT2D eigenvalue weighted by atomic mass is 10.1. The van der Waals surface area contributed by atoms with E-state index in [1.54, 1.807) is 11.3 Å². The fourth-order valence-electron chi connectivity index (χ4n) is 2.96. The van der Waals surface area contributed by atoms with Crippen molar-refractivity contribution in [2.75, 3.05) is 25.0 Å². The zero-order valence-corrected chi connectivity index (χ0v) is 15.9. The Morgan fingerprint density at radius 1 is 1.32 bits per heavy atom. The van der Waals surface area contributed by atoms with Gasteiger partial charge >= 0.3 is 0 Å². The van der Waals surface area contributed by atoms with Gasteiger partial charge in [-0.1, -0.05) is 6.07 Å². The Kier molecular flexibility index (Phi) is 5.86. The maximum Gasteiger partial charge on any atom is 0.191 e. The monoisotopic (exact) mass is 358 g/mol. The predicted octanol–water partition coefficient (Wildman–Crippen LogP) is 2.49. The molecule has 0 aromatic carbocycles. The van der Waals surface area contributed by atoms with Crippen LogP contribution in [0, 0.1) is 13.8 Å². The van der Waals surface area contributed by atoms with E-state index in [0.29, 0.717) is 12.6 Å². The van der Waals surface area contributed by atoms with Crippen LogP contribution >= 0.6 is 11.3 Å². The molecule has 3 rings (SSSR count). The number of rotatable bonds is 4. The van der Waals surface area contributed by atoms with Crippen molar-refractivity contribution in [2.24, 2.45) is 4.99 Å². The zero-order valence-electron chi connectivity index (χ0n) is 15.1. The molecule has 0 spiro atoms. The molecule has 2 aromatic heterocycles. The molecular weight excluding hydrogens is 332 g/mol. The van der Waals surface area contributed by atoms with E-state index in [1.165, 1.54) is 4.88 Å². The summed E-state index contributed by atoms with van der Waals surface area (Å²) in [5.41, 5.74) is 1.12. The second-order valence-electron chi connectivity index (χ2n) is 6.27. The maximum absolute atomic E-state index is 4.57. The predicted molar refractivity (Wildman–Crippen MR) is 104 cm³/mol. The Bertz CT molecular complexity index is 684. The summed E-state index contributed by atoms with van der Waals surface area (Å²) in [6, 6.07) is 6.51. The number of nitrogens with one attached hydrogen (secondary N) is 2. The van der Waals surface area contributed by atoms with Crippen LogP contribution in [0.2, 0.25) is 0 Å². The van der Waals surface area contributed by atoms with Gasteiger partial charge in [-0.05, 0) is 38.8 Å². The smallest absolute Gasteiger partial charge is 0.191 e. The summed E-state index contributed by atoms with van der Waals surface area (Å²) in [4.78, 5) is 17.0. The average molecular weight is 359 g/mol. The first-order chi connectivity index (χ1) is 12.2. The standard InChI is InChI=1S/C18H26N6S/c1-13-14(2)25-17(22-13)12-21-18(19-3)23-15-7-10-24(11-8-15)16-6-4-5-9-20-16/h4-6,9,15H,7-8,10-12H2,1-3H3,(H2,19,21,23). The van der Waals surface area contributed by atoms with Gasteiger partial charge in [-0.2, -0.15) is 0 Å². The lowest BCUT2D eigenvalue weighted by Crippen LogP contribution is -2.48. The molecule has 0 amide bonds. The summed E-state index contributed by atoms with van der Waals surface area (Å²) >= 11 is 1.74. The first-order valence-electron chi connectivity index (χ1n) is 8.72. The van der Waals surface area contributed by atoms with Gasteiger partial charge in [0.25, 0.3) is 0 Å². The number of guanidine groups is 1. The number of hydrogen-bond donors (Lipinski definition) is 2. The van der Waals surface area contributed by atoms with Crippen molar-refractivity contribution in [1.82, 2.24) is 20.6 Å². The fraction of sp³-hybridized carbons (Fsp3) is 0.500. The van der Waals surface area contributed by atoms with E-state index in [0.717, 1.165) is 48.4 Å². The third-order valence-electron chi connectivity index (χ3n) is 4.51. The number of aromatic nitrogens is 2. The van der Waals surface area contributed by atoms with Crippen LogP contribution in [-0.4, -0.2) is 42.1 Å². The average Bonchev–Trinajstić information content (AvgIpc) is 2.97. The third-order valence-corrected chi connectivity index (χ3v) is 5.59. The third kappa shape index (κ3) is 4.69. The van der Waals surface area contributed by atoms with Gasteiger partial charge in [0.15, 0.2) is 5.96 Å². The van der Waals surface area contributed by atoms with Gasteiger partial charge in [-0.15, -0.1) is 11.3 Å². The molecule has 0 bridgehead atoms. The molecule has 2 N–H and O–H groups in total. The minimum absolute atomic E-state index is 0.436. The highest BCUT2D eigenvalue weighted by Crippen LogP contribution is 2.18. The lowest BCUT2D eigenvalue weighted by molar-refractivity contribution is 0.459. The molecule has 3 heterocycles. The summed E-state index contributed by atoms with van der Waals surface area (Å²) in [6.45, 7) is 6.90. The quantitative estimate of drug-likeness (QED) is 0.649. The summed E-state index contributed by atoms with van der Waals surface area (Å²) < 4.78 is 0. The van der Waals surface area contributed by atoms with E-state index < -0.39 is 0 Å². The van der Waals surface area contributed by atoms with Crippen LogP contribution in [0.3, 0.4) is 0 Å². The van der Waals surface area contributed by atoms with E-state index in [4.69, 9.17) is 0 Å². The van der Waals surface area contributed by atoms with Crippen molar-refractivity contribution in [3.05, 3.63) is 40.0 Å². The molecule has 7 heteroatoms.